The number of carbonyl (C=O) groups is 2. The standard InChI is InChI=1S/C22H20N2O3S/c1-4-27-22(26)19-14(2)20(23-15(19)3)21(25)24-17-8-5-7-16(13-17)10-11-18-9-6-12-28-18/h5-9,12-13,23H,4H2,1-3H3,(H,24,25). The first-order valence-electron chi connectivity index (χ1n) is 8.82. The number of thiophene rings is 1. The van der Waals surface area contributed by atoms with Gasteiger partial charge in [-0.25, -0.2) is 4.79 Å². The van der Waals surface area contributed by atoms with Gasteiger partial charge in [0.25, 0.3) is 5.91 Å². The molecule has 0 atom stereocenters. The van der Waals surface area contributed by atoms with E-state index >= 15 is 0 Å². The number of esters is 1. The molecule has 0 unspecified atom stereocenters. The van der Waals surface area contributed by atoms with Gasteiger partial charge in [-0.3, -0.25) is 4.79 Å². The normalized spacial score (nSPS) is 10.1. The molecule has 0 radical (unpaired) electrons. The molecule has 0 aliphatic heterocycles. The van der Waals surface area contributed by atoms with Crippen LogP contribution in [-0.4, -0.2) is 23.5 Å². The van der Waals surface area contributed by atoms with E-state index in [9.17, 15) is 9.59 Å². The molecule has 1 amide bonds. The molecule has 2 heterocycles. The van der Waals surface area contributed by atoms with Crippen molar-refractivity contribution in [3.8, 4) is 11.8 Å². The van der Waals surface area contributed by atoms with Crippen molar-refractivity contribution >= 4 is 28.9 Å². The van der Waals surface area contributed by atoms with Crippen LogP contribution in [0.1, 0.15) is 49.5 Å². The quantitative estimate of drug-likeness (QED) is 0.506. The van der Waals surface area contributed by atoms with Gasteiger partial charge in [0.15, 0.2) is 0 Å². The van der Waals surface area contributed by atoms with Crippen LogP contribution in [0.4, 0.5) is 5.69 Å². The van der Waals surface area contributed by atoms with Crippen molar-refractivity contribution in [3.05, 3.63) is 74.7 Å². The highest BCUT2D eigenvalue weighted by atomic mass is 32.1. The highest BCUT2D eigenvalue weighted by molar-refractivity contribution is 7.10. The summed E-state index contributed by atoms with van der Waals surface area (Å²) in [6.45, 7) is 5.51. The van der Waals surface area contributed by atoms with Crippen molar-refractivity contribution in [2.75, 3.05) is 11.9 Å². The molecule has 142 valence electrons. The first-order chi connectivity index (χ1) is 13.5. The lowest BCUT2D eigenvalue weighted by molar-refractivity contribution is 0.0525. The Morgan fingerprint density at radius 2 is 2.00 bits per heavy atom. The minimum atomic E-state index is -0.432. The molecule has 2 N–H and O–H groups in total. The molecular formula is C22H20N2O3S. The molecule has 0 aliphatic carbocycles. The molecule has 0 spiro atoms. The fourth-order valence-corrected chi connectivity index (χ4v) is 3.41. The van der Waals surface area contributed by atoms with Gasteiger partial charge in [0.05, 0.1) is 17.0 Å². The summed E-state index contributed by atoms with van der Waals surface area (Å²) in [5.74, 6) is 5.44. The molecule has 0 aliphatic rings. The maximum atomic E-state index is 12.7. The average Bonchev–Trinajstić information content (AvgIpc) is 3.28. The SMILES string of the molecule is CCOC(=O)c1c(C)[nH]c(C(=O)Nc2cccc(C#Cc3cccs3)c2)c1C. The fourth-order valence-electron chi connectivity index (χ4n) is 2.84. The summed E-state index contributed by atoms with van der Waals surface area (Å²) >= 11 is 1.58. The van der Waals surface area contributed by atoms with Gasteiger partial charge in [-0.15, -0.1) is 11.3 Å². The van der Waals surface area contributed by atoms with Crippen molar-refractivity contribution < 1.29 is 14.3 Å². The first kappa shape index (κ1) is 19.5. The van der Waals surface area contributed by atoms with Crippen LogP contribution in [0.15, 0.2) is 41.8 Å². The van der Waals surface area contributed by atoms with E-state index in [-0.39, 0.29) is 12.5 Å². The van der Waals surface area contributed by atoms with Crippen molar-refractivity contribution in [2.24, 2.45) is 0 Å². The molecule has 28 heavy (non-hydrogen) atoms. The fraction of sp³-hybridized carbons (Fsp3) is 0.182. The first-order valence-corrected chi connectivity index (χ1v) is 9.70. The molecule has 0 fully saturated rings. The maximum Gasteiger partial charge on any atom is 0.340 e. The molecule has 1 aromatic carbocycles. The Balaban J connectivity index is 1.79. The van der Waals surface area contributed by atoms with E-state index in [1.807, 2.05) is 35.7 Å². The topological polar surface area (TPSA) is 71.2 Å². The summed E-state index contributed by atoms with van der Waals surface area (Å²) in [6, 6.07) is 11.3. The maximum absolute atomic E-state index is 12.7. The Morgan fingerprint density at radius 1 is 1.18 bits per heavy atom. The highest BCUT2D eigenvalue weighted by Crippen LogP contribution is 2.20. The predicted octanol–water partition coefficient (Wildman–Crippen LogP) is 4.52. The Morgan fingerprint density at radius 3 is 2.71 bits per heavy atom. The summed E-state index contributed by atoms with van der Waals surface area (Å²) in [5, 5.41) is 4.83. The van der Waals surface area contributed by atoms with Gasteiger partial charge in [0, 0.05) is 16.9 Å². The zero-order valence-electron chi connectivity index (χ0n) is 15.9. The van der Waals surface area contributed by atoms with Gasteiger partial charge in [0.1, 0.15) is 5.69 Å². The molecule has 3 aromatic rings. The van der Waals surface area contributed by atoms with Crippen molar-refractivity contribution in [3.63, 3.8) is 0 Å². The minimum absolute atomic E-state index is 0.281. The Bertz CT molecular complexity index is 1070. The van der Waals surface area contributed by atoms with Gasteiger partial charge >= 0.3 is 5.97 Å². The number of amides is 1. The number of aromatic nitrogens is 1. The number of anilines is 1. The molecule has 0 saturated heterocycles. The summed E-state index contributed by atoms with van der Waals surface area (Å²) in [6.07, 6.45) is 0. The van der Waals surface area contributed by atoms with Crippen molar-refractivity contribution in [1.82, 2.24) is 4.98 Å². The molecular weight excluding hydrogens is 372 g/mol. The number of ether oxygens (including phenoxy) is 1. The second-order valence-electron chi connectivity index (χ2n) is 6.11. The van der Waals surface area contributed by atoms with Crippen molar-refractivity contribution in [1.29, 1.82) is 0 Å². The summed E-state index contributed by atoms with van der Waals surface area (Å²) in [4.78, 5) is 28.8. The van der Waals surface area contributed by atoms with E-state index in [4.69, 9.17) is 4.74 Å². The largest absolute Gasteiger partial charge is 0.462 e. The van der Waals surface area contributed by atoms with Crippen LogP contribution < -0.4 is 5.32 Å². The average molecular weight is 392 g/mol. The number of benzene rings is 1. The van der Waals surface area contributed by atoms with E-state index in [2.05, 4.69) is 22.1 Å². The summed E-state index contributed by atoms with van der Waals surface area (Å²) in [7, 11) is 0. The third-order valence-electron chi connectivity index (χ3n) is 4.12. The van der Waals surface area contributed by atoms with Crippen LogP contribution in [0.5, 0.6) is 0 Å². The Labute approximate surface area is 167 Å². The van der Waals surface area contributed by atoms with Crippen LogP contribution in [-0.2, 0) is 4.74 Å². The van der Waals surface area contributed by atoms with Crippen LogP contribution in [0.2, 0.25) is 0 Å². The van der Waals surface area contributed by atoms with Gasteiger partial charge in [-0.1, -0.05) is 24.0 Å². The second kappa shape index (κ2) is 8.59. The van der Waals surface area contributed by atoms with Crippen LogP contribution in [0.25, 0.3) is 0 Å². The number of hydrogen-bond acceptors (Lipinski definition) is 4. The van der Waals surface area contributed by atoms with E-state index < -0.39 is 5.97 Å². The van der Waals surface area contributed by atoms with Gasteiger partial charge in [0.2, 0.25) is 0 Å². The smallest absolute Gasteiger partial charge is 0.340 e. The Hall–Kier alpha value is -3.30. The van der Waals surface area contributed by atoms with Crippen molar-refractivity contribution in [2.45, 2.75) is 20.8 Å². The van der Waals surface area contributed by atoms with E-state index in [1.54, 1.807) is 38.2 Å². The molecule has 3 rings (SSSR count). The van der Waals surface area contributed by atoms with E-state index in [0.29, 0.717) is 28.2 Å². The van der Waals surface area contributed by atoms with E-state index in [0.717, 1.165) is 10.4 Å². The molecule has 6 heteroatoms. The second-order valence-corrected chi connectivity index (χ2v) is 7.06. The third kappa shape index (κ3) is 4.33. The van der Waals surface area contributed by atoms with Crippen LogP contribution in [0.3, 0.4) is 0 Å². The molecule has 5 nitrogen and oxygen atoms in total. The molecule has 0 bridgehead atoms. The zero-order valence-corrected chi connectivity index (χ0v) is 16.7. The lowest BCUT2D eigenvalue weighted by Gasteiger charge is -2.06. The minimum Gasteiger partial charge on any atom is -0.462 e. The van der Waals surface area contributed by atoms with Crippen LogP contribution in [0, 0.1) is 25.7 Å². The third-order valence-corrected chi connectivity index (χ3v) is 4.90. The molecule has 2 aromatic heterocycles. The zero-order chi connectivity index (χ0) is 20.1. The molecule has 0 saturated carbocycles. The summed E-state index contributed by atoms with van der Waals surface area (Å²) in [5.41, 5.74) is 3.36. The van der Waals surface area contributed by atoms with Gasteiger partial charge in [-0.05, 0) is 56.0 Å². The van der Waals surface area contributed by atoms with E-state index in [1.165, 1.54) is 0 Å². The predicted molar refractivity (Wildman–Crippen MR) is 111 cm³/mol. The number of aromatic amines is 1. The highest BCUT2D eigenvalue weighted by Gasteiger charge is 2.22. The number of carbonyl (C=O) groups excluding carboxylic acids is 2. The Kier molecular flexibility index (Phi) is 5.97. The lowest BCUT2D eigenvalue weighted by Crippen LogP contribution is -2.14. The van der Waals surface area contributed by atoms with Crippen LogP contribution >= 0.6 is 11.3 Å². The van der Waals surface area contributed by atoms with Gasteiger partial charge in [-0.2, -0.15) is 0 Å². The number of aryl methyl sites for hydroxylation is 1. The van der Waals surface area contributed by atoms with Gasteiger partial charge < -0.3 is 15.0 Å². The monoisotopic (exact) mass is 392 g/mol. The number of rotatable bonds is 4. The number of H-pyrrole nitrogens is 1. The number of hydrogen-bond donors (Lipinski definition) is 2. The lowest BCUT2D eigenvalue weighted by atomic mass is 10.1. The number of nitrogens with one attached hydrogen (secondary N) is 2. The summed E-state index contributed by atoms with van der Waals surface area (Å²) < 4.78 is 5.07.